The van der Waals surface area contributed by atoms with E-state index >= 15 is 0 Å². The molecule has 27 heavy (non-hydrogen) atoms. The third-order valence-electron chi connectivity index (χ3n) is 4.80. The number of aromatic nitrogens is 6. The smallest absolute Gasteiger partial charge is 0.312 e. The average Bonchev–Trinajstić information content (AvgIpc) is 3.38. The Morgan fingerprint density at radius 3 is 3.00 bits per heavy atom. The highest BCUT2D eigenvalue weighted by atomic mass is 16.4. The topological polar surface area (TPSA) is 105 Å². The molecule has 1 amide bonds. The van der Waals surface area contributed by atoms with Gasteiger partial charge in [-0.15, -0.1) is 10.2 Å². The van der Waals surface area contributed by atoms with Crippen molar-refractivity contribution >= 4 is 11.4 Å². The molecule has 0 fully saturated rings. The number of nitrogens with zero attached hydrogens (tertiary/aromatic N) is 6. The standard InChI is InChI=1S/C18H17N7O2/c1-10-3-4-12-7-14(23-25(12)8-10)16-15-13(19-9-20-15)5-6-24(16)18(26)17-22-21-11(2)27-17/h3-4,7-9,16H,5-6H2,1-2H3,(H,19,20). The fourth-order valence-electron chi connectivity index (χ4n) is 3.54. The summed E-state index contributed by atoms with van der Waals surface area (Å²) in [5.74, 6) is 0.0224. The summed E-state index contributed by atoms with van der Waals surface area (Å²) in [6.45, 7) is 4.18. The van der Waals surface area contributed by atoms with E-state index in [9.17, 15) is 4.79 Å². The number of rotatable bonds is 2. The van der Waals surface area contributed by atoms with Crippen LogP contribution < -0.4 is 0 Å². The molecule has 1 atom stereocenters. The number of amides is 1. The van der Waals surface area contributed by atoms with Crippen molar-refractivity contribution in [2.24, 2.45) is 0 Å². The van der Waals surface area contributed by atoms with Crippen molar-refractivity contribution in [1.29, 1.82) is 0 Å². The number of carbonyl (C=O) groups excluding carboxylic acids is 1. The Hall–Kier alpha value is -3.49. The Balaban J connectivity index is 1.63. The number of aryl methyl sites for hydroxylation is 2. The Labute approximate surface area is 154 Å². The van der Waals surface area contributed by atoms with Gasteiger partial charge in [0.15, 0.2) is 0 Å². The first kappa shape index (κ1) is 15.7. The van der Waals surface area contributed by atoms with Crippen LogP contribution in [-0.2, 0) is 6.42 Å². The van der Waals surface area contributed by atoms with E-state index in [0.717, 1.165) is 28.2 Å². The lowest BCUT2D eigenvalue weighted by atomic mass is 9.99. The van der Waals surface area contributed by atoms with E-state index in [0.29, 0.717) is 18.9 Å². The molecule has 0 saturated heterocycles. The second kappa shape index (κ2) is 5.76. The number of H-pyrrole nitrogens is 1. The van der Waals surface area contributed by atoms with Gasteiger partial charge in [0.25, 0.3) is 0 Å². The summed E-state index contributed by atoms with van der Waals surface area (Å²) in [7, 11) is 0. The maximum atomic E-state index is 13.1. The van der Waals surface area contributed by atoms with Crippen LogP contribution in [0.1, 0.15) is 45.3 Å². The molecule has 0 spiro atoms. The van der Waals surface area contributed by atoms with Crippen molar-refractivity contribution in [3.63, 3.8) is 0 Å². The molecule has 1 N–H and O–H groups in total. The monoisotopic (exact) mass is 363 g/mol. The van der Waals surface area contributed by atoms with Crippen molar-refractivity contribution in [3.8, 4) is 0 Å². The third kappa shape index (κ3) is 2.50. The van der Waals surface area contributed by atoms with Crippen LogP contribution >= 0.6 is 0 Å². The van der Waals surface area contributed by atoms with E-state index < -0.39 is 6.04 Å². The van der Waals surface area contributed by atoms with Gasteiger partial charge in [-0.1, -0.05) is 6.07 Å². The summed E-state index contributed by atoms with van der Waals surface area (Å²) in [5, 5.41) is 12.4. The number of hydrogen-bond acceptors (Lipinski definition) is 6. The first-order valence-electron chi connectivity index (χ1n) is 8.69. The number of nitrogens with one attached hydrogen (secondary N) is 1. The molecule has 0 bridgehead atoms. The summed E-state index contributed by atoms with van der Waals surface area (Å²) in [6.07, 6.45) is 4.29. The van der Waals surface area contributed by atoms with Crippen molar-refractivity contribution in [2.45, 2.75) is 26.3 Å². The van der Waals surface area contributed by atoms with Crippen molar-refractivity contribution < 1.29 is 9.21 Å². The molecule has 4 aromatic rings. The number of fused-ring (bicyclic) bond motifs is 2. The molecule has 0 saturated carbocycles. The second-order valence-corrected chi connectivity index (χ2v) is 6.69. The summed E-state index contributed by atoms with van der Waals surface area (Å²) in [6, 6.07) is 5.60. The van der Waals surface area contributed by atoms with E-state index in [4.69, 9.17) is 9.52 Å². The Kier molecular flexibility index (Phi) is 3.36. The van der Waals surface area contributed by atoms with Crippen LogP contribution in [0.4, 0.5) is 0 Å². The van der Waals surface area contributed by atoms with Gasteiger partial charge in [-0.05, 0) is 24.6 Å². The highest BCUT2D eigenvalue weighted by Crippen LogP contribution is 2.34. The maximum Gasteiger partial charge on any atom is 0.312 e. The van der Waals surface area contributed by atoms with Gasteiger partial charge >= 0.3 is 11.8 Å². The molecule has 0 aromatic carbocycles. The van der Waals surface area contributed by atoms with Crippen LogP contribution in [0, 0.1) is 13.8 Å². The van der Waals surface area contributed by atoms with E-state index in [1.54, 1.807) is 18.2 Å². The number of imidazole rings is 1. The molecule has 1 aliphatic rings. The average molecular weight is 363 g/mol. The fraction of sp³-hybridized carbons (Fsp3) is 0.278. The number of hydrogen-bond donors (Lipinski definition) is 1. The molecule has 9 nitrogen and oxygen atoms in total. The molecule has 5 rings (SSSR count). The summed E-state index contributed by atoms with van der Waals surface area (Å²) in [5.41, 5.74) is 4.62. The van der Waals surface area contributed by atoms with Crippen LogP contribution in [0.25, 0.3) is 5.52 Å². The largest absolute Gasteiger partial charge is 0.417 e. The number of pyridine rings is 1. The molecule has 9 heteroatoms. The zero-order chi connectivity index (χ0) is 18.5. The highest BCUT2D eigenvalue weighted by Gasteiger charge is 2.37. The molecule has 5 heterocycles. The van der Waals surface area contributed by atoms with E-state index in [2.05, 4.69) is 20.2 Å². The van der Waals surface area contributed by atoms with Gasteiger partial charge in [-0.3, -0.25) is 4.79 Å². The Morgan fingerprint density at radius 2 is 2.19 bits per heavy atom. The summed E-state index contributed by atoms with van der Waals surface area (Å²) < 4.78 is 7.18. The van der Waals surface area contributed by atoms with E-state index in [1.165, 1.54) is 0 Å². The van der Waals surface area contributed by atoms with E-state index in [-0.39, 0.29) is 11.8 Å². The molecule has 4 aromatic heterocycles. The highest BCUT2D eigenvalue weighted by molar-refractivity contribution is 5.90. The van der Waals surface area contributed by atoms with Crippen LogP contribution in [0.3, 0.4) is 0 Å². The predicted octanol–water partition coefficient (Wildman–Crippen LogP) is 1.85. The summed E-state index contributed by atoms with van der Waals surface area (Å²) >= 11 is 0. The van der Waals surface area contributed by atoms with Gasteiger partial charge in [-0.25, -0.2) is 9.50 Å². The van der Waals surface area contributed by atoms with Gasteiger partial charge in [0.2, 0.25) is 5.89 Å². The van der Waals surface area contributed by atoms with Crippen LogP contribution in [-0.4, -0.2) is 47.1 Å². The second-order valence-electron chi connectivity index (χ2n) is 6.69. The van der Waals surface area contributed by atoms with Crippen LogP contribution in [0.2, 0.25) is 0 Å². The minimum atomic E-state index is -0.417. The Bertz CT molecular complexity index is 1160. The predicted molar refractivity (Wildman–Crippen MR) is 94.1 cm³/mol. The zero-order valence-corrected chi connectivity index (χ0v) is 14.9. The summed E-state index contributed by atoms with van der Waals surface area (Å²) in [4.78, 5) is 22.4. The molecule has 136 valence electrons. The van der Waals surface area contributed by atoms with Crippen molar-refractivity contribution in [1.82, 2.24) is 34.7 Å². The maximum absolute atomic E-state index is 13.1. The van der Waals surface area contributed by atoms with Crippen molar-refractivity contribution in [2.75, 3.05) is 6.54 Å². The first-order chi connectivity index (χ1) is 13.1. The SMILES string of the molecule is Cc1ccc2cc(C3c4nc[nH]c4CCN3C(=O)c3nnc(C)o3)nn2c1. The third-order valence-corrected chi connectivity index (χ3v) is 4.80. The number of aromatic amines is 1. The van der Waals surface area contributed by atoms with Crippen molar-refractivity contribution in [3.05, 3.63) is 65.1 Å². The van der Waals surface area contributed by atoms with Crippen LogP contribution in [0.5, 0.6) is 0 Å². The normalized spacial score (nSPS) is 16.7. The molecule has 0 aliphatic carbocycles. The fourth-order valence-corrected chi connectivity index (χ4v) is 3.54. The van der Waals surface area contributed by atoms with Gasteiger partial charge in [0.1, 0.15) is 6.04 Å². The molecule has 1 unspecified atom stereocenters. The van der Waals surface area contributed by atoms with E-state index in [1.807, 2.05) is 35.8 Å². The van der Waals surface area contributed by atoms with Gasteiger partial charge in [0.05, 0.1) is 23.2 Å². The lowest BCUT2D eigenvalue weighted by molar-refractivity contribution is 0.0644. The Morgan fingerprint density at radius 1 is 1.30 bits per heavy atom. The van der Waals surface area contributed by atoms with Gasteiger partial charge in [0, 0.05) is 31.8 Å². The first-order valence-corrected chi connectivity index (χ1v) is 8.69. The van der Waals surface area contributed by atoms with Crippen LogP contribution in [0.15, 0.2) is 35.1 Å². The quantitative estimate of drug-likeness (QED) is 0.583. The molecular weight excluding hydrogens is 346 g/mol. The van der Waals surface area contributed by atoms with Gasteiger partial charge < -0.3 is 14.3 Å². The molecule has 0 radical (unpaired) electrons. The lowest BCUT2D eigenvalue weighted by Crippen LogP contribution is -2.41. The minimum Gasteiger partial charge on any atom is -0.417 e. The zero-order valence-electron chi connectivity index (χ0n) is 14.9. The lowest BCUT2D eigenvalue weighted by Gasteiger charge is -2.32. The molecule has 1 aliphatic heterocycles. The minimum absolute atomic E-state index is 0.0175. The number of carbonyl (C=O) groups is 1. The molecular formula is C18H17N7O2. The van der Waals surface area contributed by atoms with Gasteiger partial charge in [-0.2, -0.15) is 5.10 Å².